The summed E-state index contributed by atoms with van der Waals surface area (Å²) in [5, 5.41) is 5.39. The number of carbonyl (C=O) groups excluding carboxylic acids is 1. The van der Waals surface area contributed by atoms with Crippen molar-refractivity contribution in [2.75, 3.05) is 0 Å². The highest BCUT2D eigenvalue weighted by Crippen LogP contribution is 2.25. The zero-order valence-electron chi connectivity index (χ0n) is 12.2. The Labute approximate surface area is 153 Å². The number of hydrogen-bond donors (Lipinski definition) is 0. The van der Waals surface area contributed by atoms with Gasteiger partial charge >= 0.3 is 0 Å². The largest absolute Gasteiger partial charge is 0.287 e. The number of benzene rings is 2. The van der Waals surface area contributed by atoms with E-state index in [1.165, 1.54) is 23.4 Å². The van der Waals surface area contributed by atoms with Gasteiger partial charge in [0.25, 0.3) is 0 Å². The molecule has 0 aliphatic carbocycles. The standard InChI is InChI=1S/C17H10Cl3N3O/c18-12-3-1-11(2-4-12)7-16(23-10-21-9-22-23)17(24)14-6-5-13(19)8-15(14)20/h1-10H/b16-7+. The van der Waals surface area contributed by atoms with Crippen LogP contribution in [0.15, 0.2) is 55.1 Å². The highest BCUT2D eigenvalue weighted by atomic mass is 35.5. The lowest BCUT2D eigenvalue weighted by molar-refractivity contribution is 0.105. The van der Waals surface area contributed by atoms with E-state index in [1.54, 1.807) is 42.5 Å². The topological polar surface area (TPSA) is 47.8 Å². The molecule has 0 aliphatic heterocycles. The van der Waals surface area contributed by atoms with Crippen LogP contribution in [-0.2, 0) is 0 Å². The molecule has 3 rings (SSSR count). The number of halogens is 3. The molecule has 0 aliphatic rings. The molecule has 7 heteroatoms. The van der Waals surface area contributed by atoms with E-state index in [2.05, 4.69) is 10.1 Å². The molecule has 1 heterocycles. The van der Waals surface area contributed by atoms with E-state index in [0.717, 1.165) is 5.56 Å². The molecule has 0 atom stereocenters. The van der Waals surface area contributed by atoms with Gasteiger partial charge in [-0.1, -0.05) is 46.9 Å². The molecule has 0 radical (unpaired) electrons. The highest BCUT2D eigenvalue weighted by Gasteiger charge is 2.18. The molecule has 0 bridgehead atoms. The van der Waals surface area contributed by atoms with Crippen molar-refractivity contribution >= 4 is 52.4 Å². The second-order valence-electron chi connectivity index (χ2n) is 4.87. The fourth-order valence-electron chi connectivity index (χ4n) is 2.10. The molecule has 2 aromatic carbocycles. The maximum Gasteiger partial charge on any atom is 0.212 e. The fraction of sp³-hybridized carbons (Fsp3) is 0. The SMILES string of the molecule is O=C(/C(=C\c1ccc(Cl)cc1)n1cncn1)c1ccc(Cl)cc1Cl. The molecular weight excluding hydrogens is 369 g/mol. The van der Waals surface area contributed by atoms with Crippen molar-refractivity contribution in [3.63, 3.8) is 0 Å². The van der Waals surface area contributed by atoms with Crippen LogP contribution in [-0.4, -0.2) is 20.5 Å². The summed E-state index contributed by atoms with van der Waals surface area (Å²) in [5.74, 6) is -0.294. The van der Waals surface area contributed by atoms with Crippen molar-refractivity contribution in [3.05, 3.63) is 81.3 Å². The number of aromatic nitrogens is 3. The Morgan fingerprint density at radius 3 is 2.33 bits per heavy atom. The van der Waals surface area contributed by atoms with Gasteiger partial charge in [-0.25, -0.2) is 9.67 Å². The summed E-state index contributed by atoms with van der Waals surface area (Å²) in [6.07, 6.45) is 4.49. The Balaban J connectivity index is 2.08. The molecule has 0 N–H and O–H groups in total. The van der Waals surface area contributed by atoms with Gasteiger partial charge in [0.2, 0.25) is 5.78 Å². The first kappa shape index (κ1) is 16.7. The van der Waals surface area contributed by atoms with Crippen LogP contribution < -0.4 is 0 Å². The Kier molecular flexibility index (Phi) is 5.00. The van der Waals surface area contributed by atoms with E-state index in [0.29, 0.717) is 21.3 Å². The van der Waals surface area contributed by atoms with Crippen LogP contribution in [0.2, 0.25) is 15.1 Å². The lowest BCUT2D eigenvalue weighted by Gasteiger charge is -2.09. The van der Waals surface area contributed by atoms with Crippen molar-refractivity contribution in [1.82, 2.24) is 14.8 Å². The van der Waals surface area contributed by atoms with Gasteiger partial charge in [0, 0.05) is 15.6 Å². The van der Waals surface area contributed by atoms with Crippen LogP contribution in [0.5, 0.6) is 0 Å². The molecule has 4 nitrogen and oxygen atoms in total. The lowest BCUT2D eigenvalue weighted by atomic mass is 10.1. The monoisotopic (exact) mass is 377 g/mol. The summed E-state index contributed by atoms with van der Waals surface area (Å²) in [7, 11) is 0. The summed E-state index contributed by atoms with van der Waals surface area (Å²) in [4.78, 5) is 16.8. The third kappa shape index (κ3) is 3.67. The fourth-order valence-corrected chi connectivity index (χ4v) is 2.72. The minimum absolute atomic E-state index is 0.273. The summed E-state index contributed by atoms with van der Waals surface area (Å²) < 4.78 is 1.39. The van der Waals surface area contributed by atoms with Crippen LogP contribution in [0.3, 0.4) is 0 Å². The third-order valence-electron chi connectivity index (χ3n) is 3.25. The number of carbonyl (C=O) groups is 1. The van der Waals surface area contributed by atoms with Crippen molar-refractivity contribution in [3.8, 4) is 0 Å². The van der Waals surface area contributed by atoms with E-state index >= 15 is 0 Å². The number of nitrogens with zero attached hydrogens (tertiary/aromatic N) is 3. The molecule has 0 saturated heterocycles. The molecule has 0 saturated carbocycles. The molecule has 0 fully saturated rings. The first-order valence-electron chi connectivity index (χ1n) is 6.86. The number of hydrogen-bond acceptors (Lipinski definition) is 3. The smallest absolute Gasteiger partial charge is 0.212 e. The zero-order chi connectivity index (χ0) is 17.1. The Hall–Kier alpha value is -2.14. The normalized spacial score (nSPS) is 11.5. The molecular formula is C17H10Cl3N3O. The minimum Gasteiger partial charge on any atom is -0.287 e. The van der Waals surface area contributed by atoms with Crippen LogP contribution >= 0.6 is 34.8 Å². The summed E-state index contributed by atoms with van der Waals surface area (Å²) in [6.45, 7) is 0. The third-order valence-corrected chi connectivity index (χ3v) is 4.05. The van der Waals surface area contributed by atoms with E-state index in [9.17, 15) is 4.79 Å². The molecule has 0 amide bonds. The van der Waals surface area contributed by atoms with Gasteiger partial charge in [-0.2, -0.15) is 5.10 Å². The van der Waals surface area contributed by atoms with Gasteiger partial charge in [0.1, 0.15) is 18.4 Å². The Bertz CT molecular complexity index is 903. The Morgan fingerprint density at radius 2 is 1.71 bits per heavy atom. The summed E-state index contributed by atoms with van der Waals surface area (Å²) in [6, 6.07) is 11.8. The van der Waals surface area contributed by atoms with E-state index in [4.69, 9.17) is 34.8 Å². The van der Waals surface area contributed by atoms with Crippen molar-refractivity contribution in [2.24, 2.45) is 0 Å². The van der Waals surface area contributed by atoms with E-state index in [1.807, 2.05) is 0 Å². The predicted molar refractivity (Wildman–Crippen MR) is 96.4 cm³/mol. The van der Waals surface area contributed by atoms with Crippen molar-refractivity contribution < 1.29 is 4.79 Å². The predicted octanol–water partition coefficient (Wildman–Crippen LogP) is 5.12. The number of Topliss-reactive ketones (excluding diaryl/α,β-unsaturated/α-hetero) is 1. The first-order valence-corrected chi connectivity index (χ1v) is 8.00. The maximum absolute atomic E-state index is 12.9. The van der Waals surface area contributed by atoms with Gasteiger partial charge in [0.15, 0.2) is 0 Å². The second kappa shape index (κ2) is 7.18. The van der Waals surface area contributed by atoms with Gasteiger partial charge in [-0.05, 0) is 42.0 Å². The maximum atomic E-state index is 12.9. The number of ketones is 1. The molecule has 3 aromatic rings. The quantitative estimate of drug-likeness (QED) is 0.467. The van der Waals surface area contributed by atoms with E-state index in [-0.39, 0.29) is 10.8 Å². The van der Waals surface area contributed by atoms with Gasteiger partial charge in [-0.15, -0.1) is 0 Å². The molecule has 1 aromatic heterocycles. The second-order valence-corrected chi connectivity index (χ2v) is 6.15. The average molecular weight is 379 g/mol. The summed E-state index contributed by atoms with van der Waals surface area (Å²) >= 11 is 17.9. The van der Waals surface area contributed by atoms with Crippen molar-refractivity contribution in [2.45, 2.75) is 0 Å². The Morgan fingerprint density at radius 1 is 1.00 bits per heavy atom. The van der Waals surface area contributed by atoms with Gasteiger partial charge in [0.05, 0.1) is 5.02 Å². The molecule has 0 unspecified atom stereocenters. The average Bonchev–Trinajstić information content (AvgIpc) is 3.08. The zero-order valence-corrected chi connectivity index (χ0v) is 14.4. The molecule has 0 spiro atoms. The summed E-state index contributed by atoms with van der Waals surface area (Å²) in [5.41, 5.74) is 1.43. The van der Waals surface area contributed by atoms with Crippen LogP contribution in [0.25, 0.3) is 11.8 Å². The van der Waals surface area contributed by atoms with Crippen molar-refractivity contribution in [1.29, 1.82) is 0 Å². The number of rotatable bonds is 4. The highest BCUT2D eigenvalue weighted by molar-refractivity contribution is 6.40. The van der Waals surface area contributed by atoms with Gasteiger partial charge in [-0.3, -0.25) is 4.79 Å². The van der Waals surface area contributed by atoms with Crippen LogP contribution in [0, 0.1) is 0 Å². The lowest BCUT2D eigenvalue weighted by Crippen LogP contribution is -2.10. The number of allylic oxidation sites excluding steroid dienone is 1. The van der Waals surface area contributed by atoms with Gasteiger partial charge < -0.3 is 0 Å². The molecule has 120 valence electrons. The van der Waals surface area contributed by atoms with Crippen LogP contribution in [0.4, 0.5) is 0 Å². The van der Waals surface area contributed by atoms with Crippen LogP contribution in [0.1, 0.15) is 15.9 Å². The first-order chi connectivity index (χ1) is 11.5. The van der Waals surface area contributed by atoms with E-state index < -0.39 is 0 Å². The minimum atomic E-state index is -0.294. The molecule has 24 heavy (non-hydrogen) atoms.